The van der Waals surface area contributed by atoms with Gasteiger partial charge in [0.15, 0.2) is 5.15 Å². The summed E-state index contributed by atoms with van der Waals surface area (Å²) in [4.78, 5) is 0. The van der Waals surface area contributed by atoms with E-state index in [4.69, 9.17) is 11.6 Å². The molecule has 0 saturated heterocycles. The molecule has 0 aliphatic carbocycles. The van der Waals surface area contributed by atoms with E-state index in [0.29, 0.717) is 17.5 Å². The minimum Gasteiger partial charge on any atom is -0.367 e. The van der Waals surface area contributed by atoms with Gasteiger partial charge < -0.3 is 5.32 Å². The van der Waals surface area contributed by atoms with Crippen LogP contribution in [0.2, 0.25) is 5.15 Å². The lowest BCUT2D eigenvalue weighted by Gasteiger charge is -2.09. The molecule has 0 bridgehead atoms. The Kier molecular flexibility index (Phi) is 4.28. The van der Waals surface area contributed by atoms with E-state index in [1.54, 1.807) is 18.4 Å². The summed E-state index contributed by atoms with van der Waals surface area (Å²) in [6.45, 7) is 2.52. The maximum atomic E-state index is 11.0. The maximum Gasteiger partial charge on any atom is 0.151 e. The molecule has 78 valence electrons. The van der Waals surface area contributed by atoms with Gasteiger partial charge >= 0.3 is 0 Å². The van der Waals surface area contributed by atoms with Crippen LogP contribution in [-0.2, 0) is 10.8 Å². The molecule has 0 aliphatic rings. The number of nitrogens with one attached hydrogen (secondary N) is 1. The Labute approximate surface area is 90.5 Å². The first-order valence-electron chi connectivity index (χ1n) is 4.15. The first kappa shape index (κ1) is 11.4. The molecule has 1 rings (SSSR count). The van der Waals surface area contributed by atoms with Crippen LogP contribution in [0.3, 0.4) is 0 Å². The topological polar surface area (TPSA) is 54.9 Å². The lowest BCUT2D eigenvalue weighted by Crippen LogP contribution is -2.21. The van der Waals surface area contributed by atoms with Gasteiger partial charge in [-0.05, 0) is 19.1 Å². The molecule has 0 radical (unpaired) electrons. The number of rotatable bonds is 4. The molecule has 0 amide bonds. The fraction of sp³-hybridized carbons (Fsp3) is 0.500. The lowest BCUT2D eigenvalue weighted by molar-refractivity contribution is 0.678. The van der Waals surface area contributed by atoms with Gasteiger partial charge in [-0.25, -0.2) is 0 Å². The molecule has 0 fully saturated rings. The lowest BCUT2D eigenvalue weighted by atomic mass is 10.4. The maximum absolute atomic E-state index is 11.0. The molecule has 1 heterocycles. The van der Waals surface area contributed by atoms with Crippen LogP contribution in [0.25, 0.3) is 0 Å². The Hall–Kier alpha value is -0.680. The summed E-state index contributed by atoms with van der Waals surface area (Å²) in [7, 11) is -0.825. The summed E-state index contributed by atoms with van der Waals surface area (Å²) in [6.07, 6.45) is 1.68. The third kappa shape index (κ3) is 3.59. The molecule has 2 atom stereocenters. The number of anilines is 1. The van der Waals surface area contributed by atoms with Gasteiger partial charge in [0.1, 0.15) is 5.82 Å². The van der Waals surface area contributed by atoms with E-state index in [-0.39, 0.29) is 5.25 Å². The molecule has 0 spiro atoms. The van der Waals surface area contributed by atoms with Crippen LogP contribution in [0.4, 0.5) is 5.82 Å². The summed E-state index contributed by atoms with van der Waals surface area (Å²) < 4.78 is 11.0. The predicted octanol–water partition coefficient (Wildman–Crippen LogP) is 1.31. The molecular weight excluding hydrogens is 222 g/mol. The van der Waals surface area contributed by atoms with Crippen molar-refractivity contribution in [2.24, 2.45) is 0 Å². The van der Waals surface area contributed by atoms with Crippen molar-refractivity contribution in [1.82, 2.24) is 10.2 Å². The van der Waals surface area contributed by atoms with Crippen molar-refractivity contribution in [2.75, 3.05) is 18.1 Å². The zero-order valence-electron chi connectivity index (χ0n) is 8.03. The van der Waals surface area contributed by atoms with Crippen LogP contribution in [-0.4, -0.2) is 32.5 Å². The fourth-order valence-electron chi connectivity index (χ4n) is 0.776. The smallest absolute Gasteiger partial charge is 0.151 e. The van der Waals surface area contributed by atoms with E-state index in [0.717, 1.165) is 0 Å². The molecule has 4 nitrogen and oxygen atoms in total. The van der Waals surface area contributed by atoms with Crippen LogP contribution in [0, 0.1) is 0 Å². The van der Waals surface area contributed by atoms with Gasteiger partial charge in [0.05, 0.1) is 0 Å². The summed E-state index contributed by atoms with van der Waals surface area (Å²) in [5, 5.41) is 11.0. The number of nitrogens with zero attached hydrogens (tertiary/aromatic N) is 2. The molecular formula is C8H12ClN3OS. The Morgan fingerprint density at radius 2 is 2.29 bits per heavy atom. The van der Waals surface area contributed by atoms with E-state index >= 15 is 0 Å². The standard InChI is InChI=1S/C8H12ClN3OS/c1-6(14(2)13)5-10-8-4-3-7(9)11-12-8/h3-4,6H,5H2,1-2H3,(H,10,12). The average Bonchev–Trinajstić information content (AvgIpc) is 2.16. The first-order chi connectivity index (χ1) is 6.59. The highest BCUT2D eigenvalue weighted by Gasteiger charge is 2.05. The second-order valence-corrected chi connectivity index (χ2v) is 5.12. The number of hydrogen-bond donors (Lipinski definition) is 1. The fourth-order valence-corrected chi connectivity index (χ4v) is 1.19. The third-order valence-electron chi connectivity index (χ3n) is 1.77. The van der Waals surface area contributed by atoms with Gasteiger partial charge in [0.2, 0.25) is 0 Å². The van der Waals surface area contributed by atoms with Crippen LogP contribution in [0.15, 0.2) is 12.1 Å². The van der Waals surface area contributed by atoms with Gasteiger partial charge in [-0.1, -0.05) is 11.6 Å². The number of aromatic nitrogens is 2. The zero-order valence-corrected chi connectivity index (χ0v) is 9.60. The number of halogens is 1. The highest BCUT2D eigenvalue weighted by atomic mass is 35.5. The molecule has 6 heteroatoms. The molecule has 2 unspecified atom stereocenters. The van der Waals surface area contributed by atoms with Crippen LogP contribution in [0.1, 0.15) is 6.92 Å². The van der Waals surface area contributed by atoms with Crippen molar-refractivity contribution in [3.05, 3.63) is 17.3 Å². The van der Waals surface area contributed by atoms with Crippen LogP contribution < -0.4 is 5.32 Å². The Balaban J connectivity index is 2.46. The highest BCUT2D eigenvalue weighted by Crippen LogP contribution is 2.06. The largest absolute Gasteiger partial charge is 0.367 e. The zero-order chi connectivity index (χ0) is 10.6. The van der Waals surface area contributed by atoms with Crippen LogP contribution >= 0.6 is 11.6 Å². The van der Waals surface area contributed by atoms with Gasteiger partial charge in [-0.15, -0.1) is 10.2 Å². The Bertz CT molecular complexity index is 317. The molecule has 1 aromatic rings. The van der Waals surface area contributed by atoms with Gasteiger partial charge in [0, 0.05) is 28.9 Å². The first-order valence-corrected chi connectivity index (χ1v) is 6.15. The Morgan fingerprint density at radius 3 is 2.79 bits per heavy atom. The van der Waals surface area contributed by atoms with Crippen molar-refractivity contribution in [1.29, 1.82) is 0 Å². The quantitative estimate of drug-likeness (QED) is 0.852. The van der Waals surface area contributed by atoms with E-state index in [2.05, 4.69) is 15.5 Å². The normalized spacial score (nSPS) is 14.8. The second kappa shape index (κ2) is 5.26. The summed E-state index contributed by atoms with van der Waals surface area (Å²) >= 11 is 5.57. The van der Waals surface area contributed by atoms with Gasteiger partial charge in [-0.3, -0.25) is 4.21 Å². The summed E-state index contributed by atoms with van der Waals surface area (Å²) in [5.41, 5.74) is 0. The van der Waals surface area contributed by atoms with Crippen molar-refractivity contribution in [3.8, 4) is 0 Å². The molecule has 14 heavy (non-hydrogen) atoms. The molecule has 1 aromatic heterocycles. The van der Waals surface area contributed by atoms with Crippen molar-refractivity contribution in [3.63, 3.8) is 0 Å². The van der Waals surface area contributed by atoms with Gasteiger partial charge in [0.25, 0.3) is 0 Å². The molecule has 0 saturated carbocycles. The van der Waals surface area contributed by atoms with E-state index in [9.17, 15) is 4.21 Å². The van der Waals surface area contributed by atoms with E-state index in [1.807, 2.05) is 6.92 Å². The van der Waals surface area contributed by atoms with Crippen molar-refractivity contribution < 1.29 is 4.21 Å². The summed E-state index contributed by atoms with van der Waals surface area (Å²) in [5.74, 6) is 0.645. The minimum atomic E-state index is -0.825. The van der Waals surface area contributed by atoms with Crippen LogP contribution in [0.5, 0.6) is 0 Å². The third-order valence-corrected chi connectivity index (χ3v) is 3.27. The predicted molar refractivity (Wildman–Crippen MR) is 59.1 cm³/mol. The highest BCUT2D eigenvalue weighted by molar-refractivity contribution is 7.84. The monoisotopic (exact) mass is 233 g/mol. The van der Waals surface area contributed by atoms with E-state index < -0.39 is 10.8 Å². The SMILES string of the molecule is CC(CNc1ccc(Cl)nn1)S(C)=O. The molecule has 0 aliphatic heterocycles. The van der Waals surface area contributed by atoms with Crippen molar-refractivity contribution in [2.45, 2.75) is 12.2 Å². The molecule has 0 aromatic carbocycles. The second-order valence-electron chi connectivity index (χ2n) is 2.93. The van der Waals surface area contributed by atoms with Gasteiger partial charge in [-0.2, -0.15) is 0 Å². The van der Waals surface area contributed by atoms with E-state index in [1.165, 1.54) is 0 Å². The van der Waals surface area contributed by atoms with Crippen molar-refractivity contribution >= 4 is 28.2 Å². The number of hydrogen-bond acceptors (Lipinski definition) is 4. The minimum absolute atomic E-state index is 0.0903. The summed E-state index contributed by atoms with van der Waals surface area (Å²) in [6, 6.07) is 3.39. The Morgan fingerprint density at radius 1 is 1.57 bits per heavy atom. The molecule has 1 N–H and O–H groups in total. The average molecular weight is 234 g/mol.